The molecule has 3 nitrogen and oxygen atoms in total. The molecule has 3 rings (SSSR count). The van der Waals surface area contributed by atoms with Crippen molar-refractivity contribution in [1.82, 2.24) is 0 Å². The Balaban J connectivity index is 1.97. The van der Waals surface area contributed by atoms with Crippen molar-refractivity contribution in [2.75, 3.05) is 12.9 Å². The van der Waals surface area contributed by atoms with Crippen LogP contribution in [-0.2, 0) is 20.7 Å². The first kappa shape index (κ1) is 15.0. The van der Waals surface area contributed by atoms with Crippen molar-refractivity contribution >= 4 is 21.8 Å². The molecule has 114 valence electrons. The van der Waals surface area contributed by atoms with Crippen LogP contribution >= 0.6 is 0 Å². The maximum absolute atomic E-state index is 11.1. The van der Waals surface area contributed by atoms with E-state index in [2.05, 4.69) is 30.3 Å². The fourth-order valence-electron chi connectivity index (χ4n) is 2.80. The lowest BCUT2D eigenvalue weighted by molar-refractivity contribution is 0.330. The Hall–Kier alpha value is -1.91. The number of hydrogen-bond donors (Lipinski definition) is 0. The van der Waals surface area contributed by atoms with E-state index in [1.165, 1.54) is 22.3 Å². The minimum Gasteiger partial charge on any atom is -0.270 e. The molecule has 0 unspecified atom stereocenters. The second kappa shape index (κ2) is 6.07. The summed E-state index contributed by atoms with van der Waals surface area (Å²) in [6.07, 6.45) is 4.68. The summed E-state index contributed by atoms with van der Waals surface area (Å²) in [6.45, 7) is 0.168. The summed E-state index contributed by atoms with van der Waals surface area (Å²) in [7, 11) is -3.40. The van der Waals surface area contributed by atoms with Crippen LogP contribution in [-0.4, -0.2) is 21.3 Å². The lowest BCUT2D eigenvalue weighted by atomic mass is 9.96. The fourth-order valence-corrected chi connectivity index (χ4v) is 3.19. The third-order valence-corrected chi connectivity index (χ3v) is 4.39. The molecule has 0 fully saturated rings. The molecule has 0 bridgehead atoms. The van der Waals surface area contributed by atoms with E-state index >= 15 is 0 Å². The van der Waals surface area contributed by atoms with Crippen LogP contribution in [0.3, 0.4) is 0 Å². The highest BCUT2D eigenvalue weighted by Crippen LogP contribution is 2.31. The first-order chi connectivity index (χ1) is 10.5. The van der Waals surface area contributed by atoms with Crippen LogP contribution in [0, 0.1) is 0 Å². The normalized spacial score (nSPS) is 13.8. The zero-order chi connectivity index (χ0) is 15.6. The summed E-state index contributed by atoms with van der Waals surface area (Å²) in [5.74, 6) is 0. The number of benzene rings is 2. The van der Waals surface area contributed by atoms with E-state index in [4.69, 9.17) is 4.18 Å². The zero-order valence-electron chi connectivity index (χ0n) is 12.5. The minimum absolute atomic E-state index is 0.168. The van der Waals surface area contributed by atoms with Gasteiger partial charge in [-0.2, -0.15) is 8.42 Å². The van der Waals surface area contributed by atoms with Gasteiger partial charge in [0.2, 0.25) is 0 Å². The summed E-state index contributed by atoms with van der Waals surface area (Å²) in [4.78, 5) is 0. The van der Waals surface area contributed by atoms with E-state index in [1.807, 2.05) is 24.3 Å². The molecule has 22 heavy (non-hydrogen) atoms. The molecule has 0 aliphatic heterocycles. The topological polar surface area (TPSA) is 43.4 Å². The molecule has 0 spiro atoms. The molecule has 2 aromatic rings. The zero-order valence-corrected chi connectivity index (χ0v) is 13.3. The van der Waals surface area contributed by atoms with Gasteiger partial charge in [0.1, 0.15) is 0 Å². The van der Waals surface area contributed by atoms with Crippen LogP contribution in [0.5, 0.6) is 0 Å². The van der Waals surface area contributed by atoms with Crippen LogP contribution in [0.15, 0.2) is 48.5 Å². The maximum Gasteiger partial charge on any atom is 0.264 e. The van der Waals surface area contributed by atoms with E-state index in [0.29, 0.717) is 6.42 Å². The van der Waals surface area contributed by atoms with Gasteiger partial charge in [0, 0.05) is 0 Å². The number of hydrogen-bond acceptors (Lipinski definition) is 3. The highest BCUT2D eigenvalue weighted by atomic mass is 32.2. The van der Waals surface area contributed by atoms with Gasteiger partial charge in [-0.3, -0.25) is 4.18 Å². The van der Waals surface area contributed by atoms with Gasteiger partial charge in [-0.05, 0) is 40.7 Å². The largest absolute Gasteiger partial charge is 0.270 e. The Labute approximate surface area is 131 Å². The molecule has 0 saturated carbocycles. The average Bonchev–Trinajstić information content (AvgIpc) is 2.62. The molecule has 0 aromatic heterocycles. The molecule has 0 atom stereocenters. The van der Waals surface area contributed by atoms with Crippen molar-refractivity contribution in [3.63, 3.8) is 0 Å². The van der Waals surface area contributed by atoms with Crippen molar-refractivity contribution in [3.05, 3.63) is 70.8 Å². The summed E-state index contributed by atoms with van der Waals surface area (Å²) in [5.41, 5.74) is 6.03. The molecular weight excluding hydrogens is 296 g/mol. The number of fused-ring (bicyclic) bond motifs is 2. The van der Waals surface area contributed by atoms with Crippen molar-refractivity contribution in [2.24, 2.45) is 0 Å². The van der Waals surface area contributed by atoms with Crippen molar-refractivity contribution < 1.29 is 12.6 Å². The van der Waals surface area contributed by atoms with Gasteiger partial charge in [0.15, 0.2) is 0 Å². The third-order valence-electron chi connectivity index (χ3n) is 3.80. The van der Waals surface area contributed by atoms with Crippen LogP contribution in [0.4, 0.5) is 0 Å². The standard InChI is InChI=1S/C18H18O3S/c1-22(19,20)21-11-10-17-13-15-7-3-2-6-14(15)12-16-8-4-5-9-18(16)17/h2-9,13H,10-12H2,1H3. The van der Waals surface area contributed by atoms with Crippen LogP contribution in [0.25, 0.3) is 11.6 Å². The Bertz CT molecular complexity index is 820. The van der Waals surface area contributed by atoms with Crippen LogP contribution in [0.2, 0.25) is 0 Å². The molecule has 0 N–H and O–H groups in total. The summed E-state index contributed by atoms with van der Waals surface area (Å²) >= 11 is 0. The summed E-state index contributed by atoms with van der Waals surface area (Å²) in [6, 6.07) is 16.6. The van der Waals surface area contributed by atoms with Crippen molar-refractivity contribution in [1.29, 1.82) is 0 Å². The molecule has 2 aromatic carbocycles. The van der Waals surface area contributed by atoms with E-state index in [-0.39, 0.29) is 6.61 Å². The van der Waals surface area contributed by atoms with E-state index < -0.39 is 10.1 Å². The van der Waals surface area contributed by atoms with Gasteiger partial charge in [-0.1, -0.05) is 54.6 Å². The van der Waals surface area contributed by atoms with Crippen molar-refractivity contribution in [3.8, 4) is 0 Å². The second-order valence-corrected chi connectivity index (χ2v) is 7.12. The molecule has 0 amide bonds. The van der Waals surface area contributed by atoms with E-state index in [9.17, 15) is 8.42 Å². The van der Waals surface area contributed by atoms with Gasteiger partial charge in [-0.25, -0.2) is 0 Å². The molecular formula is C18H18O3S. The van der Waals surface area contributed by atoms with Gasteiger partial charge < -0.3 is 0 Å². The maximum atomic E-state index is 11.1. The van der Waals surface area contributed by atoms with Gasteiger partial charge in [0.05, 0.1) is 12.9 Å². The Morgan fingerprint density at radius 2 is 1.68 bits per heavy atom. The second-order valence-electron chi connectivity index (χ2n) is 5.48. The average molecular weight is 314 g/mol. The van der Waals surface area contributed by atoms with E-state index in [0.717, 1.165) is 18.2 Å². The lowest BCUT2D eigenvalue weighted by Crippen LogP contribution is -2.05. The Morgan fingerprint density at radius 1 is 1.00 bits per heavy atom. The molecule has 1 aliphatic carbocycles. The third kappa shape index (κ3) is 3.46. The molecule has 4 heteroatoms. The predicted octanol–water partition coefficient (Wildman–Crippen LogP) is 3.50. The quantitative estimate of drug-likeness (QED) is 0.811. The molecule has 1 aliphatic rings. The monoisotopic (exact) mass is 314 g/mol. The Kier molecular flexibility index (Phi) is 4.14. The number of rotatable bonds is 4. The molecule has 0 heterocycles. The van der Waals surface area contributed by atoms with Crippen molar-refractivity contribution in [2.45, 2.75) is 12.8 Å². The van der Waals surface area contributed by atoms with Crippen LogP contribution in [0.1, 0.15) is 28.7 Å². The first-order valence-corrected chi connectivity index (χ1v) is 9.06. The highest BCUT2D eigenvalue weighted by Gasteiger charge is 2.15. The first-order valence-electron chi connectivity index (χ1n) is 7.24. The summed E-state index contributed by atoms with van der Waals surface area (Å²) < 4.78 is 27.2. The Morgan fingerprint density at radius 3 is 2.45 bits per heavy atom. The summed E-state index contributed by atoms with van der Waals surface area (Å²) in [5, 5.41) is 0. The highest BCUT2D eigenvalue weighted by molar-refractivity contribution is 7.85. The van der Waals surface area contributed by atoms with Gasteiger partial charge in [-0.15, -0.1) is 0 Å². The van der Waals surface area contributed by atoms with Gasteiger partial charge >= 0.3 is 0 Å². The predicted molar refractivity (Wildman–Crippen MR) is 89.0 cm³/mol. The van der Waals surface area contributed by atoms with Gasteiger partial charge in [0.25, 0.3) is 10.1 Å². The fraction of sp³-hybridized carbons (Fsp3) is 0.222. The van der Waals surface area contributed by atoms with E-state index in [1.54, 1.807) is 0 Å². The minimum atomic E-state index is -3.40. The lowest BCUT2D eigenvalue weighted by Gasteiger charge is -2.10. The molecule has 0 saturated heterocycles. The van der Waals surface area contributed by atoms with Crippen LogP contribution < -0.4 is 0 Å². The smallest absolute Gasteiger partial charge is 0.264 e. The molecule has 0 radical (unpaired) electrons. The SMILES string of the molecule is CS(=O)(=O)OCCC1=Cc2ccccc2Cc2ccccc21.